The Bertz CT molecular complexity index is 305. The van der Waals surface area contributed by atoms with E-state index in [0.717, 1.165) is 38.3 Å². The lowest BCUT2D eigenvalue weighted by molar-refractivity contribution is 0.309. The molecule has 17 heavy (non-hydrogen) atoms. The zero-order valence-corrected chi connectivity index (χ0v) is 10.7. The fourth-order valence-electron chi connectivity index (χ4n) is 1.47. The Morgan fingerprint density at radius 3 is 2.71 bits per heavy atom. The van der Waals surface area contributed by atoms with Crippen LogP contribution in [0.15, 0.2) is 36.9 Å². The maximum Gasteiger partial charge on any atom is 0.119 e. The van der Waals surface area contributed by atoms with Gasteiger partial charge in [0.1, 0.15) is 5.75 Å². The van der Waals surface area contributed by atoms with Crippen molar-refractivity contribution in [2.75, 3.05) is 13.2 Å². The topological polar surface area (TPSA) is 21.3 Å². The molecular weight excluding hydrogens is 210 g/mol. The molecule has 0 unspecified atom stereocenters. The first-order valence-electron chi connectivity index (χ1n) is 6.40. The number of rotatable bonds is 9. The van der Waals surface area contributed by atoms with E-state index in [-0.39, 0.29) is 0 Å². The average molecular weight is 233 g/mol. The van der Waals surface area contributed by atoms with Crippen molar-refractivity contribution in [1.29, 1.82) is 0 Å². The van der Waals surface area contributed by atoms with Gasteiger partial charge in [-0.2, -0.15) is 0 Å². The summed E-state index contributed by atoms with van der Waals surface area (Å²) in [6.07, 6.45) is 5.23. The molecule has 0 aliphatic rings. The van der Waals surface area contributed by atoms with Gasteiger partial charge in [-0.1, -0.05) is 31.6 Å². The van der Waals surface area contributed by atoms with Crippen LogP contribution >= 0.6 is 0 Å². The van der Waals surface area contributed by atoms with Crippen LogP contribution in [0.25, 0.3) is 0 Å². The van der Waals surface area contributed by atoms with Gasteiger partial charge in [-0.15, -0.1) is 6.58 Å². The van der Waals surface area contributed by atoms with Crippen LogP contribution in [0.1, 0.15) is 31.7 Å². The number of ether oxygens (including phenoxy) is 1. The molecule has 0 saturated heterocycles. The highest BCUT2D eigenvalue weighted by molar-refractivity contribution is 5.27. The first-order chi connectivity index (χ1) is 8.36. The van der Waals surface area contributed by atoms with Crippen LogP contribution in [0.2, 0.25) is 0 Å². The zero-order chi connectivity index (χ0) is 12.3. The Labute approximate surface area is 105 Å². The van der Waals surface area contributed by atoms with Gasteiger partial charge in [-0.3, -0.25) is 0 Å². The van der Waals surface area contributed by atoms with Gasteiger partial charge in [0, 0.05) is 6.54 Å². The van der Waals surface area contributed by atoms with Crippen LogP contribution in [-0.4, -0.2) is 13.2 Å². The average Bonchev–Trinajstić information content (AvgIpc) is 2.37. The van der Waals surface area contributed by atoms with E-state index in [2.05, 4.69) is 31.0 Å². The smallest absolute Gasteiger partial charge is 0.119 e. The minimum Gasteiger partial charge on any atom is -0.494 e. The van der Waals surface area contributed by atoms with Gasteiger partial charge in [0.25, 0.3) is 0 Å². The summed E-state index contributed by atoms with van der Waals surface area (Å²) >= 11 is 0. The number of nitrogens with one attached hydrogen (secondary N) is 1. The van der Waals surface area contributed by atoms with Gasteiger partial charge in [-0.25, -0.2) is 0 Å². The molecule has 1 N–H and O–H groups in total. The summed E-state index contributed by atoms with van der Waals surface area (Å²) in [5.74, 6) is 0.966. The lowest BCUT2D eigenvalue weighted by atomic mass is 10.2. The fraction of sp³-hybridized carbons (Fsp3) is 0.467. The van der Waals surface area contributed by atoms with Crippen LogP contribution in [-0.2, 0) is 6.54 Å². The Balaban J connectivity index is 2.26. The molecule has 1 aromatic carbocycles. The molecule has 94 valence electrons. The van der Waals surface area contributed by atoms with E-state index in [4.69, 9.17) is 4.74 Å². The van der Waals surface area contributed by atoms with Crippen molar-refractivity contribution in [2.45, 2.75) is 32.7 Å². The molecule has 1 rings (SSSR count). The van der Waals surface area contributed by atoms with Crippen molar-refractivity contribution in [2.24, 2.45) is 0 Å². The first-order valence-corrected chi connectivity index (χ1v) is 6.40. The SMILES string of the molecule is C=CCCNCc1ccc(OCCCC)cc1. The summed E-state index contributed by atoms with van der Waals surface area (Å²) in [6, 6.07) is 8.31. The highest BCUT2D eigenvalue weighted by Crippen LogP contribution is 2.12. The summed E-state index contributed by atoms with van der Waals surface area (Å²) in [5.41, 5.74) is 1.29. The molecular formula is C15H23NO. The van der Waals surface area contributed by atoms with Crippen LogP contribution in [0.5, 0.6) is 5.75 Å². The van der Waals surface area contributed by atoms with Gasteiger partial charge in [-0.05, 0) is 37.1 Å². The molecule has 0 radical (unpaired) electrons. The van der Waals surface area contributed by atoms with Crippen molar-refractivity contribution in [3.05, 3.63) is 42.5 Å². The normalized spacial score (nSPS) is 10.2. The highest BCUT2D eigenvalue weighted by Gasteiger charge is 1.95. The molecule has 0 fully saturated rings. The molecule has 0 saturated carbocycles. The summed E-state index contributed by atoms with van der Waals surface area (Å²) in [6.45, 7) is 8.57. The van der Waals surface area contributed by atoms with E-state index in [9.17, 15) is 0 Å². The minimum atomic E-state index is 0.813. The van der Waals surface area contributed by atoms with Gasteiger partial charge in [0.2, 0.25) is 0 Å². The van der Waals surface area contributed by atoms with Crippen molar-refractivity contribution in [1.82, 2.24) is 5.32 Å². The van der Waals surface area contributed by atoms with Crippen molar-refractivity contribution in [3.8, 4) is 5.75 Å². The van der Waals surface area contributed by atoms with Crippen molar-refractivity contribution < 1.29 is 4.74 Å². The molecule has 1 aromatic rings. The van der Waals surface area contributed by atoms with E-state index in [0.29, 0.717) is 0 Å². The maximum atomic E-state index is 5.61. The number of unbranched alkanes of at least 4 members (excludes halogenated alkanes) is 1. The second kappa shape index (κ2) is 8.82. The molecule has 2 nitrogen and oxygen atoms in total. The Morgan fingerprint density at radius 1 is 1.29 bits per heavy atom. The van der Waals surface area contributed by atoms with Gasteiger partial charge < -0.3 is 10.1 Å². The van der Waals surface area contributed by atoms with Crippen molar-refractivity contribution >= 4 is 0 Å². The number of hydrogen-bond acceptors (Lipinski definition) is 2. The quantitative estimate of drug-likeness (QED) is 0.520. The predicted octanol–water partition coefficient (Wildman–Crippen LogP) is 3.53. The minimum absolute atomic E-state index is 0.813. The largest absolute Gasteiger partial charge is 0.494 e. The second-order valence-electron chi connectivity index (χ2n) is 4.10. The lowest BCUT2D eigenvalue weighted by Crippen LogP contribution is -2.13. The molecule has 0 amide bonds. The van der Waals surface area contributed by atoms with E-state index >= 15 is 0 Å². The second-order valence-corrected chi connectivity index (χ2v) is 4.10. The van der Waals surface area contributed by atoms with Crippen LogP contribution in [0.3, 0.4) is 0 Å². The highest BCUT2D eigenvalue weighted by atomic mass is 16.5. The van der Waals surface area contributed by atoms with Crippen molar-refractivity contribution in [3.63, 3.8) is 0 Å². The molecule has 2 heteroatoms. The van der Waals surface area contributed by atoms with E-state index in [1.54, 1.807) is 0 Å². The zero-order valence-electron chi connectivity index (χ0n) is 10.7. The van der Waals surface area contributed by atoms with Crippen LogP contribution in [0, 0.1) is 0 Å². The fourth-order valence-corrected chi connectivity index (χ4v) is 1.47. The molecule has 0 aliphatic heterocycles. The van der Waals surface area contributed by atoms with E-state index in [1.807, 2.05) is 18.2 Å². The van der Waals surface area contributed by atoms with E-state index < -0.39 is 0 Å². The van der Waals surface area contributed by atoms with Crippen LogP contribution in [0.4, 0.5) is 0 Å². The standard InChI is InChI=1S/C15H23NO/c1-3-5-11-16-13-14-7-9-15(10-8-14)17-12-6-4-2/h3,7-10,16H,1,4-6,11-13H2,2H3. The molecule has 0 spiro atoms. The molecule has 0 aromatic heterocycles. The third kappa shape index (κ3) is 6.12. The summed E-state index contributed by atoms with van der Waals surface area (Å²) in [7, 11) is 0. The lowest BCUT2D eigenvalue weighted by Gasteiger charge is -2.07. The third-order valence-electron chi connectivity index (χ3n) is 2.54. The molecule has 0 aliphatic carbocycles. The number of hydrogen-bond donors (Lipinski definition) is 1. The molecule has 0 heterocycles. The monoisotopic (exact) mass is 233 g/mol. The van der Waals surface area contributed by atoms with Gasteiger partial charge >= 0.3 is 0 Å². The Morgan fingerprint density at radius 2 is 2.06 bits per heavy atom. The Kier molecular flexibility index (Phi) is 7.15. The Hall–Kier alpha value is -1.28. The molecule has 0 atom stereocenters. The first kappa shape index (κ1) is 13.8. The third-order valence-corrected chi connectivity index (χ3v) is 2.54. The summed E-state index contributed by atoms with van der Waals surface area (Å²) in [4.78, 5) is 0. The maximum absolute atomic E-state index is 5.61. The van der Waals surface area contributed by atoms with Gasteiger partial charge in [0.15, 0.2) is 0 Å². The van der Waals surface area contributed by atoms with E-state index in [1.165, 1.54) is 12.0 Å². The summed E-state index contributed by atoms with van der Waals surface area (Å²) in [5, 5.41) is 3.36. The van der Waals surface area contributed by atoms with Crippen LogP contribution < -0.4 is 10.1 Å². The summed E-state index contributed by atoms with van der Waals surface area (Å²) < 4.78 is 5.61. The number of benzene rings is 1. The predicted molar refractivity (Wildman–Crippen MR) is 73.4 cm³/mol. The molecule has 0 bridgehead atoms. The van der Waals surface area contributed by atoms with Gasteiger partial charge in [0.05, 0.1) is 6.61 Å².